The summed E-state index contributed by atoms with van der Waals surface area (Å²) in [4.78, 5) is 16.7. The van der Waals surface area contributed by atoms with Crippen molar-refractivity contribution >= 4 is 33.1 Å². The summed E-state index contributed by atoms with van der Waals surface area (Å²) < 4.78 is 1.09. The molecule has 2 aromatic carbocycles. The van der Waals surface area contributed by atoms with Crippen molar-refractivity contribution in [1.82, 2.24) is 4.98 Å². The lowest BCUT2D eigenvalue weighted by molar-refractivity contribution is 0.102. The van der Waals surface area contributed by atoms with Crippen LogP contribution in [0.25, 0.3) is 10.2 Å². The molecule has 0 aliphatic carbocycles. The molecule has 0 radical (unpaired) electrons. The van der Waals surface area contributed by atoms with Crippen LogP contribution in [0.1, 0.15) is 27.0 Å². The molecule has 1 amide bonds. The number of hydrogen-bond acceptors (Lipinski definition) is 3. The second-order valence-corrected chi connectivity index (χ2v) is 6.15. The first kappa shape index (κ1) is 13.8. The number of nitrogens with zero attached hydrogens (tertiary/aromatic N) is 1. The molecular weight excluding hydrogens is 280 g/mol. The third-order valence-electron chi connectivity index (χ3n) is 3.51. The third kappa shape index (κ3) is 2.67. The number of fused-ring (bicyclic) bond motifs is 1. The van der Waals surface area contributed by atoms with E-state index in [1.165, 1.54) is 5.56 Å². The van der Waals surface area contributed by atoms with E-state index < -0.39 is 0 Å². The summed E-state index contributed by atoms with van der Waals surface area (Å²) in [5.41, 5.74) is 7.54. The van der Waals surface area contributed by atoms with Crippen LogP contribution in [0.3, 0.4) is 0 Å². The number of aryl methyl sites for hydroxylation is 3. The van der Waals surface area contributed by atoms with Gasteiger partial charge in [-0.2, -0.15) is 0 Å². The summed E-state index contributed by atoms with van der Waals surface area (Å²) in [6.07, 6.45) is 0. The molecule has 3 nitrogen and oxygen atoms in total. The second kappa shape index (κ2) is 5.30. The predicted molar refractivity (Wildman–Crippen MR) is 88.2 cm³/mol. The van der Waals surface area contributed by atoms with Crippen molar-refractivity contribution in [3.05, 3.63) is 58.1 Å². The maximum Gasteiger partial charge on any atom is 0.255 e. The van der Waals surface area contributed by atoms with E-state index in [1.54, 1.807) is 16.8 Å². The second-order valence-electron chi connectivity index (χ2n) is 5.26. The Bertz CT molecular complexity index is 813. The van der Waals surface area contributed by atoms with Gasteiger partial charge in [0.15, 0.2) is 0 Å². The number of carbonyl (C=O) groups is 1. The first-order valence-electron chi connectivity index (χ1n) is 6.77. The molecule has 0 unspecified atom stereocenters. The van der Waals surface area contributed by atoms with Crippen molar-refractivity contribution in [2.24, 2.45) is 0 Å². The Hall–Kier alpha value is -2.20. The molecule has 0 fully saturated rings. The number of nitrogens with one attached hydrogen (secondary N) is 1. The van der Waals surface area contributed by atoms with Crippen LogP contribution < -0.4 is 5.32 Å². The van der Waals surface area contributed by atoms with Gasteiger partial charge in [0.05, 0.1) is 15.7 Å². The number of benzene rings is 2. The van der Waals surface area contributed by atoms with E-state index >= 15 is 0 Å². The highest BCUT2D eigenvalue weighted by Crippen LogP contribution is 2.24. The minimum Gasteiger partial charge on any atom is -0.322 e. The van der Waals surface area contributed by atoms with Gasteiger partial charge in [-0.25, -0.2) is 4.98 Å². The normalized spacial score (nSPS) is 10.8. The number of rotatable bonds is 2. The van der Waals surface area contributed by atoms with Crippen LogP contribution in [-0.4, -0.2) is 10.9 Å². The molecule has 0 bridgehead atoms. The van der Waals surface area contributed by atoms with E-state index in [-0.39, 0.29) is 5.91 Å². The minimum absolute atomic E-state index is 0.0973. The van der Waals surface area contributed by atoms with Crippen LogP contribution >= 0.6 is 11.3 Å². The topological polar surface area (TPSA) is 42.0 Å². The van der Waals surface area contributed by atoms with Gasteiger partial charge >= 0.3 is 0 Å². The smallest absolute Gasteiger partial charge is 0.255 e. The van der Waals surface area contributed by atoms with E-state index in [2.05, 4.69) is 29.4 Å². The number of aromatic nitrogens is 1. The lowest BCUT2D eigenvalue weighted by Crippen LogP contribution is -2.13. The molecule has 21 heavy (non-hydrogen) atoms. The predicted octanol–water partition coefficient (Wildman–Crippen LogP) is 4.47. The standard InChI is InChI=1S/C17H16N2OS/c1-10-6-11(2)16(12(3)7-10)19-17(20)13-4-5-15-14(8-13)18-9-21-15/h4-9H,1-3H3,(H,19,20). The van der Waals surface area contributed by atoms with Gasteiger partial charge in [-0.1, -0.05) is 17.7 Å². The zero-order valence-electron chi connectivity index (χ0n) is 12.2. The summed E-state index contributed by atoms with van der Waals surface area (Å²) in [6.45, 7) is 6.08. The largest absolute Gasteiger partial charge is 0.322 e. The summed E-state index contributed by atoms with van der Waals surface area (Å²) in [7, 11) is 0. The molecule has 0 aliphatic rings. The van der Waals surface area contributed by atoms with Crippen molar-refractivity contribution < 1.29 is 4.79 Å². The molecule has 0 saturated heterocycles. The Kier molecular flexibility index (Phi) is 3.47. The Morgan fingerprint density at radius 1 is 1.10 bits per heavy atom. The van der Waals surface area contributed by atoms with E-state index in [1.807, 2.05) is 32.0 Å². The Morgan fingerprint density at radius 3 is 2.52 bits per heavy atom. The summed E-state index contributed by atoms with van der Waals surface area (Å²) in [5.74, 6) is -0.0973. The summed E-state index contributed by atoms with van der Waals surface area (Å²) in [5, 5.41) is 3.02. The van der Waals surface area contributed by atoms with Crippen molar-refractivity contribution in [2.45, 2.75) is 20.8 Å². The first-order valence-corrected chi connectivity index (χ1v) is 7.65. The average Bonchev–Trinajstić information content (AvgIpc) is 2.89. The van der Waals surface area contributed by atoms with Crippen molar-refractivity contribution in [3.63, 3.8) is 0 Å². The SMILES string of the molecule is Cc1cc(C)c(NC(=O)c2ccc3scnc3c2)c(C)c1. The van der Waals surface area contributed by atoms with Crippen molar-refractivity contribution in [3.8, 4) is 0 Å². The number of amides is 1. The first-order chi connectivity index (χ1) is 10.0. The molecule has 1 N–H and O–H groups in total. The van der Waals surface area contributed by atoms with Gasteiger partial charge in [0.2, 0.25) is 0 Å². The summed E-state index contributed by atoms with van der Waals surface area (Å²) >= 11 is 1.58. The maximum atomic E-state index is 12.4. The molecule has 0 spiro atoms. The van der Waals surface area contributed by atoms with E-state index in [4.69, 9.17) is 0 Å². The fourth-order valence-corrected chi connectivity index (χ4v) is 3.22. The van der Waals surface area contributed by atoms with Gasteiger partial charge in [0.25, 0.3) is 5.91 Å². The molecule has 3 rings (SSSR count). The van der Waals surface area contributed by atoms with Crippen molar-refractivity contribution in [2.75, 3.05) is 5.32 Å². The van der Waals surface area contributed by atoms with E-state index in [0.717, 1.165) is 27.0 Å². The van der Waals surface area contributed by atoms with Gasteiger partial charge in [-0.15, -0.1) is 11.3 Å². The van der Waals surface area contributed by atoms with Crippen molar-refractivity contribution in [1.29, 1.82) is 0 Å². The van der Waals surface area contributed by atoms with Crippen LogP contribution in [0.5, 0.6) is 0 Å². The zero-order chi connectivity index (χ0) is 15.0. The average molecular weight is 296 g/mol. The fraction of sp³-hybridized carbons (Fsp3) is 0.176. The zero-order valence-corrected chi connectivity index (χ0v) is 13.0. The van der Waals surface area contributed by atoms with Crippen LogP contribution in [-0.2, 0) is 0 Å². The molecule has 106 valence electrons. The van der Waals surface area contributed by atoms with Gasteiger partial charge < -0.3 is 5.32 Å². The molecule has 4 heteroatoms. The highest BCUT2D eigenvalue weighted by atomic mass is 32.1. The molecule has 1 heterocycles. The molecule has 1 aromatic heterocycles. The lowest BCUT2D eigenvalue weighted by Gasteiger charge is -2.12. The van der Waals surface area contributed by atoms with Crippen LogP contribution in [0.15, 0.2) is 35.8 Å². The Balaban J connectivity index is 1.92. The Labute approximate surface area is 127 Å². The van der Waals surface area contributed by atoms with Crippen LogP contribution in [0.2, 0.25) is 0 Å². The maximum absolute atomic E-state index is 12.4. The van der Waals surface area contributed by atoms with E-state index in [0.29, 0.717) is 5.56 Å². The van der Waals surface area contributed by atoms with E-state index in [9.17, 15) is 4.79 Å². The van der Waals surface area contributed by atoms with Crippen LogP contribution in [0.4, 0.5) is 5.69 Å². The number of anilines is 1. The third-order valence-corrected chi connectivity index (χ3v) is 4.32. The number of thiazole rings is 1. The fourth-order valence-electron chi connectivity index (χ4n) is 2.56. The van der Waals surface area contributed by atoms with Gasteiger partial charge in [0, 0.05) is 11.3 Å². The molecular formula is C17H16N2OS. The quantitative estimate of drug-likeness (QED) is 0.758. The Morgan fingerprint density at radius 2 is 1.81 bits per heavy atom. The monoisotopic (exact) mass is 296 g/mol. The van der Waals surface area contributed by atoms with Gasteiger partial charge in [0.1, 0.15) is 0 Å². The molecule has 0 aliphatic heterocycles. The molecule has 0 atom stereocenters. The minimum atomic E-state index is -0.0973. The number of carbonyl (C=O) groups excluding carboxylic acids is 1. The molecule has 3 aromatic rings. The highest BCUT2D eigenvalue weighted by molar-refractivity contribution is 7.16. The summed E-state index contributed by atoms with van der Waals surface area (Å²) in [6, 6.07) is 9.77. The van der Waals surface area contributed by atoms with Crippen LogP contribution in [0, 0.1) is 20.8 Å². The van der Waals surface area contributed by atoms with Gasteiger partial charge in [-0.3, -0.25) is 4.79 Å². The number of hydrogen-bond donors (Lipinski definition) is 1. The van der Waals surface area contributed by atoms with Gasteiger partial charge in [-0.05, 0) is 50.1 Å². The lowest BCUT2D eigenvalue weighted by atomic mass is 10.0. The molecule has 0 saturated carbocycles. The highest BCUT2D eigenvalue weighted by Gasteiger charge is 2.11.